The maximum Gasteiger partial charge on any atom is 0.329 e. The highest BCUT2D eigenvalue weighted by atomic mass is 16.5. The third kappa shape index (κ3) is 6.74. The molecule has 1 rings (SSSR count). The lowest BCUT2D eigenvalue weighted by molar-refractivity contribution is -0.142. The van der Waals surface area contributed by atoms with Gasteiger partial charge in [0.25, 0.3) is 0 Å². The van der Waals surface area contributed by atoms with E-state index in [9.17, 15) is 9.59 Å². The Hall–Kier alpha value is -2.09. The normalized spacial score (nSPS) is 10.2. The van der Waals surface area contributed by atoms with Crippen molar-refractivity contribution < 1.29 is 19.4 Å². The number of aromatic amines is 1. The van der Waals surface area contributed by atoms with Crippen LogP contribution in [0, 0.1) is 6.92 Å². The molecule has 0 aliphatic heterocycles. The predicted molar refractivity (Wildman–Crippen MR) is 71.5 cm³/mol. The van der Waals surface area contributed by atoms with Crippen molar-refractivity contribution in [3.05, 3.63) is 17.5 Å². The molecule has 1 aromatic rings. The number of carboxylic acid groups (broad SMARTS) is 1. The van der Waals surface area contributed by atoms with Crippen LogP contribution in [0.1, 0.15) is 17.7 Å². The van der Waals surface area contributed by atoms with Crippen molar-refractivity contribution in [1.29, 1.82) is 0 Å². The summed E-state index contributed by atoms with van der Waals surface area (Å²) < 4.78 is 4.78. The molecule has 8 nitrogen and oxygen atoms in total. The van der Waals surface area contributed by atoms with Crippen LogP contribution < -0.4 is 10.6 Å². The van der Waals surface area contributed by atoms with Gasteiger partial charge in [-0.05, 0) is 25.3 Å². The number of nitrogens with one attached hydrogen (secondary N) is 3. The zero-order valence-electron chi connectivity index (χ0n) is 11.4. The molecule has 0 atom stereocenters. The number of amides is 2. The fourth-order valence-electron chi connectivity index (χ4n) is 1.57. The lowest BCUT2D eigenvalue weighted by Gasteiger charge is -2.07. The Balaban J connectivity index is 1.97. The van der Waals surface area contributed by atoms with Crippen LogP contribution in [0.2, 0.25) is 0 Å². The number of H-pyrrole nitrogens is 1. The first-order valence-electron chi connectivity index (χ1n) is 6.39. The summed E-state index contributed by atoms with van der Waals surface area (Å²) in [6.45, 7) is 2.62. The van der Waals surface area contributed by atoms with E-state index in [1.807, 2.05) is 6.92 Å². The molecule has 2 amide bonds. The molecule has 1 heterocycles. The Labute approximate surface area is 116 Å². The minimum absolute atomic E-state index is 0.175. The van der Waals surface area contributed by atoms with Crippen molar-refractivity contribution in [2.24, 2.45) is 0 Å². The maximum absolute atomic E-state index is 11.4. The minimum atomic E-state index is -1.02. The van der Waals surface area contributed by atoms with Crippen LogP contribution in [0.15, 0.2) is 6.20 Å². The summed E-state index contributed by atoms with van der Waals surface area (Å²) in [5.41, 5.74) is 2.19. The van der Waals surface area contributed by atoms with Gasteiger partial charge in [0.1, 0.15) is 6.61 Å². The molecule has 0 spiro atoms. The van der Waals surface area contributed by atoms with Crippen molar-refractivity contribution in [3.63, 3.8) is 0 Å². The summed E-state index contributed by atoms with van der Waals surface area (Å²) in [5.74, 6) is -1.02. The fourth-order valence-corrected chi connectivity index (χ4v) is 1.57. The Kier molecular flexibility index (Phi) is 7.12. The second kappa shape index (κ2) is 8.92. The fraction of sp³-hybridized carbons (Fsp3) is 0.583. The van der Waals surface area contributed by atoms with E-state index in [0.29, 0.717) is 6.54 Å². The van der Waals surface area contributed by atoms with Crippen LogP contribution in [0.4, 0.5) is 4.79 Å². The first kappa shape index (κ1) is 16.0. The van der Waals surface area contributed by atoms with Crippen LogP contribution in [0.3, 0.4) is 0 Å². The number of aryl methyl sites for hydroxylation is 2. The quantitative estimate of drug-likeness (QED) is 0.478. The van der Waals surface area contributed by atoms with E-state index in [1.54, 1.807) is 6.20 Å². The van der Waals surface area contributed by atoms with Crippen molar-refractivity contribution >= 4 is 12.0 Å². The number of hydrogen-bond donors (Lipinski definition) is 4. The van der Waals surface area contributed by atoms with Gasteiger partial charge in [-0.3, -0.25) is 5.10 Å². The summed E-state index contributed by atoms with van der Waals surface area (Å²) >= 11 is 0. The van der Waals surface area contributed by atoms with Crippen LogP contribution in [0.5, 0.6) is 0 Å². The molecule has 0 saturated carbocycles. The van der Waals surface area contributed by atoms with Crippen molar-refractivity contribution in [2.75, 3.05) is 26.3 Å². The monoisotopic (exact) mass is 284 g/mol. The first-order chi connectivity index (χ1) is 9.59. The van der Waals surface area contributed by atoms with E-state index in [1.165, 1.54) is 0 Å². The molecule has 8 heteroatoms. The number of carboxylic acids is 1. The summed E-state index contributed by atoms with van der Waals surface area (Å²) in [7, 11) is 0. The van der Waals surface area contributed by atoms with E-state index in [4.69, 9.17) is 9.84 Å². The number of rotatable bonds is 9. The average molecular weight is 284 g/mol. The van der Waals surface area contributed by atoms with E-state index in [0.717, 1.165) is 24.1 Å². The highest BCUT2D eigenvalue weighted by Crippen LogP contribution is 2.04. The highest BCUT2D eigenvalue weighted by Gasteiger charge is 2.02. The van der Waals surface area contributed by atoms with Gasteiger partial charge in [-0.1, -0.05) is 0 Å². The molecule has 4 N–H and O–H groups in total. The van der Waals surface area contributed by atoms with Crippen molar-refractivity contribution in [2.45, 2.75) is 19.8 Å². The van der Waals surface area contributed by atoms with Gasteiger partial charge in [0.2, 0.25) is 0 Å². The lowest BCUT2D eigenvalue weighted by atomic mass is 10.1. The Bertz CT molecular complexity index is 433. The van der Waals surface area contributed by atoms with Gasteiger partial charge >= 0.3 is 12.0 Å². The van der Waals surface area contributed by atoms with Crippen LogP contribution in [0.25, 0.3) is 0 Å². The summed E-state index contributed by atoms with van der Waals surface area (Å²) in [6, 6.07) is -0.284. The predicted octanol–water partition coefficient (Wildman–Crippen LogP) is 0.0511. The molecule has 20 heavy (non-hydrogen) atoms. The largest absolute Gasteiger partial charge is 0.480 e. The van der Waals surface area contributed by atoms with Gasteiger partial charge in [-0.2, -0.15) is 5.10 Å². The standard InChI is InChI=1S/C12H20N4O4/c1-9-10(7-15-16-9)3-2-4-13-12(19)14-5-6-20-8-11(17)18/h7H,2-6,8H2,1H3,(H,15,16)(H,17,18)(H2,13,14,19). The molecule has 0 aliphatic carbocycles. The van der Waals surface area contributed by atoms with E-state index in [-0.39, 0.29) is 25.8 Å². The highest BCUT2D eigenvalue weighted by molar-refractivity contribution is 5.73. The van der Waals surface area contributed by atoms with E-state index < -0.39 is 5.97 Å². The number of aliphatic carboxylic acids is 1. The number of urea groups is 1. The molecule has 1 aromatic heterocycles. The first-order valence-corrected chi connectivity index (χ1v) is 6.39. The topological polar surface area (TPSA) is 116 Å². The number of ether oxygens (including phenoxy) is 1. The molecule has 0 saturated heterocycles. The van der Waals surface area contributed by atoms with E-state index >= 15 is 0 Å². The molecule has 0 radical (unpaired) electrons. The molecule has 0 bridgehead atoms. The second-order valence-corrected chi connectivity index (χ2v) is 4.25. The molecule has 0 fully saturated rings. The van der Waals surface area contributed by atoms with Gasteiger partial charge in [0, 0.05) is 18.8 Å². The molecular weight excluding hydrogens is 264 g/mol. The molecule has 0 aliphatic rings. The van der Waals surface area contributed by atoms with Crippen LogP contribution in [-0.2, 0) is 16.0 Å². The minimum Gasteiger partial charge on any atom is -0.480 e. The number of carbonyl (C=O) groups excluding carboxylic acids is 1. The number of carbonyl (C=O) groups is 2. The maximum atomic E-state index is 11.4. The molecule has 112 valence electrons. The molecule has 0 aromatic carbocycles. The van der Waals surface area contributed by atoms with Crippen LogP contribution >= 0.6 is 0 Å². The van der Waals surface area contributed by atoms with Gasteiger partial charge < -0.3 is 20.5 Å². The van der Waals surface area contributed by atoms with Crippen molar-refractivity contribution in [3.8, 4) is 0 Å². The van der Waals surface area contributed by atoms with Gasteiger partial charge in [-0.15, -0.1) is 0 Å². The third-order valence-electron chi connectivity index (χ3n) is 2.60. The lowest BCUT2D eigenvalue weighted by Crippen LogP contribution is -2.38. The van der Waals surface area contributed by atoms with E-state index in [2.05, 4.69) is 20.8 Å². The average Bonchev–Trinajstić information content (AvgIpc) is 2.79. The van der Waals surface area contributed by atoms with Gasteiger partial charge in [0.15, 0.2) is 0 Å². The van der Waals surface area contributed by atoms with Gasteiger partial charge in [0.05, 0.1) is 12.8 Å². The summed E-state index contributed by atoms with van der Waals surface area (Å²) in [5, 5.41) is 20.4. The van der Waals surface area contributed by atoms with Crippen molar-refractivity contribution in [1.82, 2.24) is 20.8 Å². The molecular formula is C12H20N4O4. The summed E-state index contributed by atoms with van der Waals surface area (Å²) in [6.07, 6.45) is 3.46. The smallest absolute Gasteiger partial charge is 0.329 e. The zero-order chi connectivity index (χ0) is 14.8. The Morgan fingerprint density at radius 3 is 2.80 bits per heavy atom. The number of hydrogen-bond acceptors (Lipinski definition) is 4. The molecule has 0 unspecified atom stereocenters. The number of nitrogens with zero attached hydrogens (tertiary/aromatic N) is 1. The number of aromatic nitrogens is 2. The third-order valence-corrected chi connectivity index (χ3v) is 2.60. The summed E-state index contributed by atoms with van der Waals surface area (Å²) in [4.78, 5) is 21.5. The van der Waals surface area contributed by atoms with Crippen LogP contribution in [-0.4, -0.2) is 53.6 Å². The SMILES string of the molecule is Cc1[nH]ncc1CCCNC(=O)NCCOCC(=O)O. The van der Waals surface area contributed by atoms with Gasteiger partial charge in [-0.25, -0.2) is 9.59 Å². The zero-order valence-corrected chi connectivity index (χ0v) is 11.4. The Morgan fingerprint density at radius 1 is 1.40 bits per heavy atom. The second-order valence-electron chi connectivity index (χ2n) is 4.25. The Morgan fingerprint density at radius 2 is 2.15 bits per heavy atom.